The van der Waals surface area contributed by atoms with Gasteiger partial charge in [0.25, 0.3) is 0 Å². The predicted octanol–water partition coefficient (Wildman–Crippen LogP) is 4.59. The monoisotopic (exact) mass is 378 g/mol. The molecule has 3 aromatic rings. The highest BCUT2D eigenvalue weighted by molar-refractivity contribution is 7.18. The van der Waals surface area contributed by atoms with E-state index in [2.05, 4.69) is 15.0 Å². The summed E-state index contributed by atoms with van der Waals surface area (Å²) in [6.45, 7) is 6.97. The Hall–Kier alpha value is -2.22. The van der Waals surface area contributed by atoms with Gasteiger partial charge >= 0.3 is 6.18 Å². The fourth-order valence-electron chi connectivity index (χ4n) is 3.32. The van der Waals surface area contributed by atoms with E-state index < -0.39 is 11.7 Å². The molecule has 3 aromatic heterocycles. The van der Waals surface area contributed by atoms with Gasteiger partial charge in [-0.3, -0.25) is 4.98 Å². The van der Waals surface area contributed by atoms with Gasteiger partial charge in [-0.05, 0) is 38.0 Å². The van der Waals surface area contributed by atoms with Crippen LogP contribution in [0.3, 0.4) is 0 Å². The number of rotatable bonds is 1. The molecule has 0 saturated carbocycles. The third kappa shape index (κ3) is 2.82. The van der Waals surface area contributed by atoms with E-state index in [1.54, 1.807) is 11.3 Å². The second-order valence-corrected chi connectivity index (χ2v) is 7.76. The number of thiophene rings is 1. The topological polar surface area (TPSA) is 41.9 Å². The lowest BCUT2D eigenvalue weighted by molar-refractivity contribution is -0.137. The molecule has 0 atom stereocenters. The van der Waals surface area contributed by atoms with E-state index in [4.69, 9.17) is 0 Å². The molecule has 0 radical (unpaired) electrons. The number of alkyl halides is 3. The van der Waals surface area contributed by atoms with Crippen molar-refractivity contribution in [1.82, 2.24) is 15.0 Å². The van der Waals surface area contributed by atoms with E-state index in [0.29, 0.717) is 30.9 Å². The SMILES string of the molecule is Cc1nc(N2CCc3ncc(C(F)(F)F)cc3C2)c2c(C)c(C)sc2n1. The molecule has 0 spiro atoms. The molecule has 136 valence electrons. The standard InChI is InChI=1S/C18H17F3N4S/c1-9-10(2)26-17-15(9)16(23-11(3)24-17)25-5-4-14-12(8-25)6-13(7-22-14)18(19,20)21/h6-7H,4-5,8H2,1-3H3. The van der Waals surface area contributed by atoms with Crippen LogP contribution in [0.25, 0.3) is 10.2 Å². The van der Waals surface area contributed by atoms with Crippen LogP contribution in [0.5, 0.6) is 0 Å². The third-order valence-corrected chi connectivity index (χ3v) is 5.89. The molecule has 0 saturated heterocycles. The number of hydrogen-bond acceptors (Lipinski definition) is 5. The van der Waals surface area contributed by atoms with E-state index in [0.717, 1.165) is 33.5 Å². The Kier molecular flexibility index (Phi) is 3.91. The smallest absolute Gasteiger partial charge is 0.351 e. The molecule has 1 aliphatic rings. The van der Waals surface area contributed by atoms with Crippen molar-refractivity contribution in [3.05, 3.63) is 45.3 Å². The second-order valence-electron chi connectivity index (χ2n) is 6.56. The number of aromatic nitrogens is 3. The van der Waals surface area contributed by atoms with Crippen LogP contribution in [-0.4, -0.2) is 21.5 Å². The first-order valence-electron chi connectivity index (χ1n) is 8.28. The Morgan fingerprint density at radius 2 is 1.92 bits per heavy atom. The van der Waals surface area contributed by atoms with Crippen molar-refractivity contribution in [1.29, 1.82) is 0 Å². The molecule has 0 unspecified atom stereocenters. The highest BCUT2D eigenvalue weighted by Crippen LogP contribution is 2.37. The summed E-state index contributed by atoms with van der Waals surface area (Å²) < 4.78 is 39.1. The zero-order valence-corrected chi connectivity index (χ0v) is 15.4. The van der Waals surface area contributed by atoms with Gasteiger partial charge in [0.2, 0.25) is 0 Å². The summed E-state index contributed by atoms with van der Waals surface area (Å²) in [6, 6.07) is 1.21. The van der Waals surface area contributed by atoms with Gasteiger partial charge in [0.05, 0.1) is 10.9 Å². The average Bonchev–Trinajstić information content (AvgIpc) is 2.86. The highest BCUT2D eigenvalue weighted by Gasteiger charge is 2.33. The lowest BCUT2D eigenvalue weighted by atomic mass is 10.0. The van der Waals surface area contributed by atoms with Gasteiger partial charge in [0.1, 0.15) is 16.5 Å². The molecule has 0 N–H and O–H groups in total. The maximum Gasteiger partial charge on any atom is 0.417 e. The van der Waals surface area contributed by atoms with Crippen molar-refractivity contribution in [2.24, 2.45) is 0 Å². The summed E-state index contributed by atoms with van der Waals surface area (Å²) >= 11 is 1.62. The lowest BCUT2D eigenvalue weighted by Crippen LogP contribution is -2.32. The van der Waals surface area contributed by atoms with E-state index >= 15 is 0 Å². The van der Waals surface area contributed by atoms with E-state index in [1.165, 1.54) is 10.9 Å². The summed E-state index contributed by atoms with van der Waals surface area (Å²) in [5.41, 5.74) is 1.77. The minimum absolute atomic E-state index is 0.367. The van der Waals surface area contributed by atoms with Gasteiger partial charge in [0.15, 0.2) is 0 Å². The highest BCUT2D eigenvalue weighted by atomic mass is 32.1. The normalized spacial score (nSPS) is 14.8. The summed E-state index contributed by atoms with van der Waals surface area (Å²) in [4.78, 5) is 17.3. The first kappa shape index (κ1) is 17.2. The number of anilines is 1. The molecular formula is C18H17F3N4S. The molecule has 0 amide bonds. The van der Waals surface area contributed by atoms with Crippen LogP contribution in [0.4, 0.5) is 19.0 Å². The maximum atomic E-state index is 13.0. The fourth-order valence-corrected chi connectivity index (χ4v) is 4.39. The number of hydrogen-bond donors (Lipinski definition) is 0. The zero-order chi connectivity index (χ0) is 18.6. The van der Waals surface area contributed by atoms with Gasteiger partial charge in [-0.25, -0.2) is 9.97 Å². The first-order chi connectivity index (χ1) is 12.2. The summed E-state index contributed by atoms with van der Waals surface area (Å²) in [6.07, 6.45) is -2.86. The Morgan fingerprint density at radius 3 is 2.65 bits per heavy atom. The van der Waals surface area contributed by atoms with Crippen LogP contribution in [0.2, 0.25) is 0 Å². The van der Waals surface area contributed by atoms with Crippen LogP contribution in [-0.2, 0) is 19.1 Å². The van der Waals surface area contributed by atoms with Gasteiger partial charge in [0, 0.05) is 36.3 Å². The summed E-state index contributed by atoms with van der Waals surface area (Å²) in [5.74, 6) is 1.47. The molecule has 4 nitrogen and oxygen atoms in total. The third-order valence-electron chi connectivity index (χ3n) is 4.79. The largest absolute Gasteiger partial charge is 0.417 e. The Bertz CT molecular complexity index is 1010. The number of fused-ring (bicyclic) bond motifs is 2. The molecular weight excluding hydrogens is 361 g/mol. The van der Waals surface area contributed by atoms with Gasteiger partial charge in [-0.1, -0.05) is 0 Å². The van der Waals surface area contributed by atoms with Crippen LogP contribution < -0.4 is 4.90 Å². The number of nitrogens with zero attached hydrogens (tertiary/aromatic N) is 4. The quantitative estimate of drug-likeness (QED) is 0.621. The molecule has 8 heteroatoms. The number of aryl methyl sites for hydroxylation is 3. The molecule has 1 aliphatic heterocycles. The predicted molar refractivity (Wildman–Crippen MR) is 95.6 cm³/mol. The minimum Gasteiger partial charge on any atom is -0.351 e. The number of halogens is 3. The molecule has 0 aliphatic carbocycles. The molecule has 0 bridgehead atoms. The van der Waals surface area contributed by atoms with Crippen LogP contribution >= 0.6 is 11.3 Å². The lowest BCUT2D eigenvalue weighted by Gasteiger charge is -2.30. The van der Waals surface area contributed by atoms with Gasteiger partial charge in [-0.15, -0.1) is 11.3 Å². The zero-order valence-electron chi connectivity index (χ0n) is 14.6. The Labute approximate surface area is 152 Å². The summed E-state index contributed by atoms with van der Waals surface area (Å²) in [5, 5.41) is 1.00. The fraction of sp³-hybridized carbons (Fsp3) is 0.389. The van der Waals surface area contributed by atoms with E-state index in [9.17, 15) is 13.2 Å². The first-order valence-corrected chi connectivity index (χ1v) is 9.10. The van der Waals surface area contributed by atoms with Gasteiger partial charge in [-0.2, -0.15) is 13.2 Å². The molecule has 26 heavy (non-hydrogen) atoms. The van der Waals surface area contributed by atoms with Gasteiger partial charge < -0.3 is 4.90 Å². The van der Waals surface area contributed by atoms with Crippen LogP contribution in [0.1, 0.15) is 33.1 Å². The van der Waals surface area contributed by atoms with E-state index in [1.807, 2.05) is 25.7 Å². The van der Waals surface area contributed by atoms with Crippen molar-refractivity contribution in [2.45, 2.75) is 39.9 Å². The molecule has 4 rings (SSSR count). The number of pyridine rings is 1. The minimum atomic E-state index is -4.38. The average molecular weight is 378 g/mol. The van der Waals surface area contributed by atoms with E-state index in [-0.39, 0.29) is 0 Å². The maximum absolute atomic E-state index is 13.0. The molecule has 0 aromatic carbocycles. The van der Waals surface area contributed by atoms with Crippen molar-refractivity contribution < 1.29 is 13.2 Å². The van der Waals surface area contributed by atoms with Crippen molar-refractivity contribution in [3.63, 3.8) is 0 Å². The van der Waals surface area contributed by atoms with Crippen molar-refractivity contribution >= 4 is 27.4 Å². The van der Waals surface area contributed by atoms with Crippen LogP contribution in [0, 0.1) is 20.8 Å². The van der Waals surface area contributed by atoms with Crippen molar-refractivity contribution in [2.75, 3.05) is 11.4 Å². The Balaban J connectivity index is 1.79. The Morgan fingerprint density at radius 1 is 1.15 bits per heavy atom. The second kappa shape index (κ2) is 5.90. The van der Waals surface area contributed by atoms with Crippen molar-refractivity contribution in [3.8, 4) is 0 Å². The molecule has 0 fully saturated rings. The molecule has 4 heterocycles. The summed E-state index contributed by atoms with van der Waals surface area (Å²) in [7, 11) is 0. The van der Waals surface area contributed by atoms with Crippen LogP contribution in [0.15, 0.2) is 12.3 Å².